The Labute approximate surface area is 161 Å². The van der Waals surface area contributed by atoms with Crippen LogP contribution in [0, 0.1) is 5.82 Å². The SMILES string of the molecule is CN1C[C@H](F)C[C@@H](Nc2nnc(-c3ccc(Cl)cc3F)c3ccccc23)C1. The average Bonchev–Trinajstić information content (AvgIpc) is 2.62. The van der Waals surface area contributed by atoms with Crippen molar-refractivity contribution in [3.05, 3.63) is 53.3 Å². The molecule has 1 N–H and O–H groups in total. The van der Waals surface area contributed by atoms with Gasteiger partial charge in [-0.05, 0) is 25.2 Å². The summed E-state index contributed by atoms with van der Waals surface area (Å²) >= 11 is 5.86. The summed E-state index contributed by atoms with van der Waals surface area (Å²) in [4.78, 5) is 1.96. The highest BCUT2D eigenvalue weighted by molar-refractivity contribution is 6.30. The summed E-state index contributed by atoms with van der Waals surface area (Å²) in [7, 11) is 1.90. The second-order valence-corrected chi connectivity index (χ2v) is 7.40. The second kappa shape index (κ2) is 7.37. The largest absolute Gasteiger partial charge is 0.364 e. The highest BCUT2D eigenvalue weighted by Gasteiger charge is 2.26. The fourth-order valence-corrected chi connectivity index (χ4v) is 3.79. The minimum atomic E-state index is -0.872. The van der Waals surface area contributed by atoms with Crippen molar-refractivity contribution in [2.75, 3.05) is 25.5 Å². The Morgan fingerprint density at radius 1 is 1.11 bits per heavy atom. The molecule has 2 aromatic carbocycles. The molecule has 0 unspecified atom stereocenters. The quantitative estimate of drug-likeness (QED) is 0.715. The predicted octanol–water partition coefficient (Wildman–Crippen LogP) is 4.54. The molecule has 0 radical (unpaired) electrons. The zero-order chi connectivity index (χ0) is 19.0. The van der Waals surface area contributed by atoms with Crippen molar-refractivity contribution in [1.82, 2.24) is 15.1 Å². The van der Waals surface area contributed by atoms with Gasteiger partial charge in [0, 0.05) is 46.9 Å². The normalized spacial score (nSPS) is 20.7. The third-order valence-corrected chi connectivity index (χ3v) is 5.03. The van der Waals surface area contributed by atoms with Crippen LogP contribution in [0.4, 0.5) is 14.6 Å². The van der Waals surface area contributed by atoms with Crippen LogP contribution in [0.5, 0.6) is 0 Å². The number of fused-ring (bicyclic) bond motifs is 1. The van der Waals surface area contributed by atoms with Crippen molar-refractivity contribution in [2.45, 2.75) is 18.6 Å². The van der Waals surface area contributed by atoms with Gasteiger partial charge in [-0.1, -0.05) is 35.9 Å². The van der Waals surface area contributed by atoms with Gasteiger partial charge in [0.2, 0.25) is 0 Å². The van der Waals surface area contributed by atoms with E-state index in [-0.39, 0.29) is 6.04 Å². The van der Waals surface area contributed by atoms with Crippen LogP contribution in [-0.4, -0.2) is 47.4 Å². The number of anilines is 1. The number of rotatable bonds is 3. The maximum atomic E-state index is 14.4. The number of likely N-dealkylation sites (N-methyl/N-ethyl adjacent to an activating group) is 1. The number of nitrogens with zero attached hydrogens (tertiary/aromatic N) is 3. The number of hydrogen-bond acceptors (Lipinski definition) is 4. The number of halogens is 3. The molecule has 1 saturated heterocycles. The highest BCUT2D eigenvalue weighted by Crippen LogP contribution is 2.32. The first-order valence-corrected chi connectivity index (χ1v) is 9.19. The summed E-state index contributed by atoms with van der Waals surface area (Å²) in [5.41, 5.74) is 0.797. The Kier molecular flexibility index (Phi) is 4.93. The molecule has 0 saturated carbocycles. The Bertz CT molecular complexity index is 971. The summed E-state index contributed by atoms with van der Waals surface area (Å²) in [5.74, 6) is 0.132. The smallest absolute Gasteiger partial charge is 0.156 e. The lowest BCUT2D eigenvalue weighted by atomic mass is 10.0. The van der Waals surface area contributed by atoms with Gasteiger partial charge in [0.05, 0.1) is 0 Å². The molecular weight excluding hydrogens is 370 g/mol. The topological polar surface area (TPSA) is 41.0 Å². The molecule has 1 aliphatic rings. The molecule has 0 amide bonds. The second-order valence-electron chi connectivity index (χ2n) is 6.96. The van der Waals surface area contributed by atoms with E-state index >= 15 is 0 Å². The maximum Gasteiger partial charge on any atom is 0.156 e. The van der Waals surface area contributed by atoms with E-state index in [1.54, 1.807) is 12.1 Å². The first-order chi connectivity index (χ1) is 13.0. The fraction of sp³-hybridized carbons (Fsp3) is 0.300. The van der Waals surface area contributed by atoms with Crippen molar-refractivity contribution in [2.24, 2.45) is 0 Å². The van der Waals surface area contributed by atoms with Crippen LogP contribution in [0.15, 0.2) is 42.5 Å². The molecule has 0 spiro atoms. The minimum Gasteiger partial charge on any atom is -0.364 e. The van der Waals surface area contributed by atoms with Crippen LogP contribution in [0.2, 0.25) is 5.02 Å². The van der Waals surface area contributed by atoms with E-state index in [4.69, 9.17) is 11.6 Å². The first-order valence-electron chi connectivity index (χ1n) is 8.81. The van der Waals surface area contributed by atoms with Gasteiger partial charge in [0.15, 0.2) is 5.82 Å². The molecule has 4 nitrogen and oxygen atoms in total. The molecule has 2 heterocycles. The van der Waals surface area contributed by atoms with E-state index in [0.717, 1.165) is 17.3 Å². The van der Waals surface area contributed by atoms with Gasteiger partial charge >= 0.3 is 0 Å². The van der Waals surface area contributed by atoms with Gasteiger partial charge in [-0.15, -0.1) is 10.2 Å². The molecule has 7 heteroatoms. The maximum absolute atomic E-state index is 14.4. The molecule has 140 valence electrons. The lowest BCUT2D eigenvalue weighted by molar-refractivity contribution is 0.153. The van der Waals surface area contributed by atoms with Crippen LogP contribution < -0.4 is 5.32 Å². The average molecular weight is 389 g/mol. The van der Waals surface area contributed by atoms with Gasteiger partial charge in [-0.25, -0.2) is 8.78 Å². The summed E-state index contributed by atoms with van der Waals surface area (Å²) in [6, 6.07) is 12.0. The number of nitrogens with one attached hydrogen (secondary N) is 1. The molecule has 27 heavy (non-hydrogen) atoms. The number of aromatic nitrogens is 2. The molecular formula is C20H19ClF2N4. The number of likely N-dealkylation sites (tertiary alicyclic amines) is 1. The zero-order valence-electron chi connectivity index (χ0n) is 14.8. The molecule has 1 aromatic heterocycles. The summed E-state index contributed by atoms with van der Waals surface area (Å²) < 4.78 is 28.3. The van der Waals surface area contributed by atoms with Crippen LogP contribution in [0.1, 0.15) is 6.42 Å². The molecule has 2 atom stereocenters. The Morgan fingerprint density at radius 3 is 2.63 bits per heavy atom. The van der Waals surface area contributed by atoms with Crippen molar-refractivity contribution >= 4 is 28.2 Å². The van der Waals surface area contributed by atoms with Crippen molar-refractivity contribution in [1.29, 1.82) is 0 Å². The van der Waals surface area contributed by atoms with E-state index in [0.29, 0.717) is 35.1 Å². The third kappa shape index (κ3) is 3.73. The van der Waals surface area contributed by atoms with Crippen molar-refractivity contribution in [3.63, 3.8) is 0 Å². The van der Waals surface area contributed by atoms with Crippen LogP contribution in [0.3, 0.4) is 0 Å². The lowest BCUT2D eigenvalue weighted by Crippen LogP contribution is -2.45. The monoisotopic (exact) mass is 388 g/mol. The first kappa shape index (κ1) is 18.1. The number of piperidine rings is 1. The molecule has 3 aromatic rings. The number of hydrogen-bond donors (Lipinski definition) is 1. The third-order valence-electron chi connectivity index (χ3n) is 4.80. The van der Waals surface area contributed by atoms with Crippen molar-refractivity contribution < 1.29 is 8.78 Å². The van der Waals surface area contributed by atoms with E-state index in [1.165, 1.54) is 6.07 Å². The summed E-state index contributed by atoms with van der Waals surface area (Å²) in [6.07, 6.45) is -0.448. The number of alkyl halides is 1. The highest BCUT2D eigenvalue weighted by atomic mass is 35.5. The van der Waals surface area contributed by atoms with Crippen molar-refractivity contribution in [3.8, 4) is 11.3 Å². The Hall–Kier alpha value is -2.31. The fourth-order valence-electron chi connectivity index (χ4n) is 3.64. The van der Waals surface area contributed by atoms with E-state index < -0.39 is 12.0 Å². The summed E-state index contributed by atoms with van der Waals surface area (Å²) in [5, 5.41) is 13.8. The predicted molar refractivity (Wildman–Crippen MR) is 104 cm³/mol. The lowest BCUT2D eigenvalue weighted by Gasteiger charge is -2.32. The molecule has 1 fully saturated rings. The Balaban J connectivity index is 1.74. The Morgan fingerprint density at radius 2 is 1.89 bits per heavy atom. The molecule has 0 bridgehead atoms. The van der Waals surface area contributed by atoms with Gasteiger partial charge in [0.25, 0.3) is 0 Å². The molecule has 1 aliphatic heterocycles. The van der Waals surface area contributed by atoms with E-state index in [2.05, 4.69) is 15.5 Å². The minimum absolute atomic E-state index is 0.0606. The molecule has 4 rings (SSSR count). The van der Waals surface area contributed by atoms with Gasteiger partial charge in [-0.2, -0.15) is 0 Å². The zero-order valence-corrected chi connectivity index (χ0v) is 15.5. The van der Waals surface area contributed by atoms with Crippen LogP contribution >= 0.6 is 11.6 Å². The van der Waals surface area contributed by atoms with Crippen LogP contribution in [-0.2, 0) is 0 Å². The molecule has 0 aliphatic carbocycles. The summed E-state index contributed by atoms with van der Waals surface area (Å²) in [6.45, 7) is 1.17. The number of benzene rings is 2. The van der Waals surface area contributed by atoms with Crippen LogP contribution in [0.25, 0.3) is 22.0 Å². The van der Waals surface area contributed by atoms with E-state index in [9.17, 15) is 8.78 Å². The van der Waals surface area contributed by atoms with E-state index in [1.807, 2.05) is 36.2 Å². The van der Waals surface area contributed by atoms with Gasteiger partial charge in [-0.3, -0.25) is 0 Å². The van der Waals surface area contributed by atoms with Gasteiger partial charge in [0.1, 0.15) is 17.7 Å². The van der Waals surface area contributed by atoms with Gasteiger partial charge < -0.3 is 10.2 Å². The standard InChI is InChI=1S/C20H19ClF2N4/c1-27-10-13(22)9-14(11-27)24-20-16-5-3-2-4-15(16)19(25-26-20)17-7-6-12(21)8-18(17)23/h2-8,13-14H,9-11H2,1H3,(H,24,26)/t13-,14-/m1/s1.